The maximum absolute atomic E-state index is 12.0. The molecule has 0 aliphatic rings. The molecule has 0 saturated carbocycles. The Morgan fingerprint density at radius 3 is 2.53 bits per heavy atom. The Labute approximate surface area is 109 Å². The number of rotatable bonds is 4. The second-order valence-corrected chi connectivity index (χ2v) is 4.06. The number of carboxylic acid groups (broad SMARTS) is 1. The summed E-state index contributed by atoms with van der Waals surface area (Å²) in [5.41, 5.74) is 1.45. The molecule has 0 unspecified atom stereocenters. The number of aliphatic carboxylic acids is 1. The summed E-state index contributed by atoms with van der Waals surface area (Å²) < 4.78 is 0. The number of carboxylic acids is 1. The van der Waals surface area contributed by atoms with E-state index in [-0.39, 0.29) is 0 Å². The Morgan fingerprint density at radius 1 is 1.32 bits per heavy atom. The molecule has 0 aliphatic carbocycles. The van der Waals surface area contributed by atoms with Gasteiger partial charge in [-0.1, -0.05) is 30.3 Å². The van der Waals surface area contributed by atoms with Crippen LogP contribution in [0.25, 0.3) is 0 Å². The average molecular weight is 259 g/mol. The van der Waals surface area contributed by atoms with Gasteiger partial charge < -0.3 is 10.4 Å². The van der Waals surface area contributed by atoms with Crippen LogP contribution in [0.1, 0.15) is 27.7 Å². The van der Waals surface area contributed by atoms with Crippen LogP contribution in [-0.4, -0.2) is 27.2 Å². The Hall–Kier alpha value is -2.63. The number of benzene rings is 1. The molecule has 1 amide bonds. The van der Waals surface area contributed by atoms with Gasteiger partial charge in [-0.2, -0.15) is 5.10 Å². The SMILES string of the molecule is Cc1[nH]ncc1C(=O)N[C@@H](C(=O)O)c1ccccc1. The molecule has 19 heavy (non-hydrogen) atoms. The van der Waals surface area contributed by atoms with E-state index in [2.05, 4.69) is 15.5 Å². The highest BCUT2D eigenvalue weighted by Crippen LogP contribution is 2.14. The number of nitrogens with zero attached hydrogens (tertiary/aromatic N) is 1. The number of hydrogen-bond donors (Lipinski definition) is 3. The second-order valence-electron chi connectivity index (χ2n) is 4.06. The van der Waals surface area contributed by atoms with Crippen LogP contribution in [0.2, 0.25) is 0 Å². The van der Waals surface area contributed by atoms with Crippen molar-refractivity contribution in [2.45, 2.75) is 13.0 Å². The first kappa shape index (κ1) is 12.8. The van der Waals surface area contributed by atoms with Crippen molar-refractivity contribution >= 4 is 11.9 Å². The van der Waals surface area contributed by atoms with Crippen molar-refractivity contribution in [1.82, 2.24) is 15.5 Å². The van der Waals surface area contributed by atoms with Gasteiger partial charge in [0.2, 0.25) is 0 Å². The minimum absolute atomic E-state index is 0.335. The first-order valence-electron chi connectivity index (χ1n) is 5.68. The van der Waals surface area contributed by atoms with Gasteiger partial charge in [0.1, 0.15) is 0 Å². The second kappa shape index (κ2) is 5.34. The van der Waals surface area contributed by atoms with E-state index in [9.17, 15) is 14.7 Å². The van der Waals surface area contributed by atoms with Crippen LogP contribution in [0.5, 0.6) is 0 Å². The molecule has 0 spiro atoms. The van der Waals surface area contributed by atoms with Gasteiger partial charge in [-0.25, -0.2) is 4.79 Å². The summed E-state index contributed by atoms with van der Waals surface area (Å²) in [6.45, 7) is 1.69. The number of carbonyl (C=O) groups excluding carboxylic acids is 1. The summed E-state index contributed by atoms with van der Waals surface area (Å²) in [5.74, 6) is -1.58. The third-order valence-electron chi connectivity index (χ3n) is 2.73. The van der Waals surface area contributed by atoms with Crippen LogP contribution in [0.15, 0.2) is 36.5 Å². The van der Waals surface area contributed by atoms with Gasteiger partial charge in [0, 0.05) is 5.69 Å². The molecule has 0 bridgehead atoms. The number of H-pyrrole nitrogens is 1. The van der Waals surface area contributed by atoms with E-state index in [4.69, 9.17) is 0 Å². The summed E-state index contributed by atoms with van der Waals surface area (Å²) in [7, 11) is 0. The number of aryl methyl sites for hydroxylation is 1. The topological polar surface area (TPSA) is 95.1 Å². The molecule has 0 fully saturated rings. The van der Waals surface area contributed by atoms with Crippen LogP contribution in [0.4, 0.5) is 0 Å². The number of aromatic amines is 1. The van der Waals surface area contributed by atoms with E-state index < -0.39 is 17.9 Å². The zero-order chi connectivity index (χ0) is 13.8. The summed E-state index contributed by atoms with van der Waals surface area (Å²) in [5, 5.41) is 18.0. The molecule has 6 heteroatoms. The number of carbonyl (C=O) groups is 2. The average Bonchev–Trinajstić information content (AvgIpc) is 2.82. The summed E-state index contributed by atoms with van der Waals surface area (Å²) in [4.78, 5) is 23.2. The number of nitrogens with one attached hydrogen (secondary N) is 2. The van der Waals surface area contributed by atoms with Gasteiger partial charge in [-0.05, 0) is 12.5 Å². The molecule has 1 atom stereocenters. The summed E-state index contributed by atoms with van der Waals surface area (Å²) in [6, 6.07) is 7.46. The van der Waals surface area contributed by atoms with Crippen molar-refractivity contribution in [2.75, 3.05) is 0 Å². The molecule has 0 aliphatic heterocycles. The third-order valence-corrected chi connectivity index (χ3v) is 2.73. The van der Waals surface area contributed by atoms with E-state index in [1.54, 1.807) is 37.3 Å². The normalized spacial score (nSPS) is 11.8. The molecule has 0 radical (unpaired) electrons. The van der Waals surface area contributed by atoms with Crippen molar-refractivity contribution in [3.05, 3.63) is 53.3 Å². The maximum Gasteiger partial charge on any atom is 0.330 e. The Morgan fingerprint density at radius 2 is 2.00 bits per heavy atom. The van der Waals surface area contributed by atoms with E-state index in [1.807, 2.05) is 0 Å². The fourth-order valence-corrected chi connectivity index (χ4v) is 1.72. The lowest BCUT2D eigenvalue weighted by Crippen LogP contribution is -2.33. The summed E-state index contributed by atoms with van der Waals surface area (Å²) >= 11 is 0. The molecule has 2 aromatic rings. The minimum atomic E-state index is -1.11. The van der Waals surface area contributed by atoms with Crippen molar-refractivity contribution in [3.8, 4) is 0 Å². The molecule has 1 aromatic heterocycles. The van der Waals surface area contributed by atoms with E-state index in [0.29, 0.717) is 16.8 Å². The molecule has 1 aromatic carbocycles. The third kappa shape index (κ3) is 2.79. The van der Waals surface area contributed by atoms with Crippen molar-refractivity contribution in [2.24, 2.45) is 0 Å². The van der Waals surface area contributed by atoms with Crippen LogP contribution in [0.3, 0.4) is 0 Å². The fourth-order valence-electron chi connectivity index (χ4n) is 1.72. The zero-order valence-corrected chi connectivity index (χ0v) is 10.3. The molecule has 0 saturated heterocycles. The first-order valence-corrected chi connectivity index (χ1v) is 5.68. The molecular weight excluding hydrogens is 246 g/mol. The molecule has 1 heterocycles. The van der Waals surface area contributed by atoms with Gasteiger partial charge in [0.25, 0.3) is 5.91 Å². The van der Waals surface area contributed by atoms with Crippen molar-refractivity contribution in [1.29, 1.82) is 0 Å². The molecule has 2 rings (SSSR count). The lowest BCUT2D eigenvalue weighted by atomic mass is 10.1. The summed E-state index contributed by atoms with van der Waals surface area (Å²) in [6.07, 6.45) is 1.37. The molecular formula is C13H13N3O3. The Kier molecular flexibility index (Phi) is 3.61. The highest BCUT2D eigenvalue weighted by atomic mass is 16.4. The fraction of sp³-hybridized carbons (Fsp3) is 0.154. The lowest BCUT2D eigenvalue weighted by Gasteiger charge is -2.14. The number of amides is 1. The smallest absolute Gasteiger partial charge is 0.330 e. The molecule has 6 nitrogen and oxygen atoms in total. The molecule has 3 N–H and O–H groups in total. The minimum Gasteiger partial charge on any atom is -0.479 e. The van der Waals surface area contributed by atoms with E-state index in [0.717, 1.165) is 0 Å². The molecule has 98 valence electrons. The zero-order valence-electron chi connectivity index (χ0n) is 10.3. The highest BCUT2D eigenvalue weighted by Gasteiger charge is 2.23. The van der Waals surface area contributed by atoms with Gasteiger partial charge in [0.15, 0.2) is 6.04 Å². The Balaban J connectivity index is 2.21. The van der Waals surface area contributed by atoms with Crippen molar-refractivity contribution < 1.29 is 14.7 Å². The van der Waals surface area contributed by atoms with Gasteiger partial charge in [-0.3, -0.25) is 9.89 Å². The largest absolute Gasteiger partial charge is 0.479 e. The lowest BCUT2D eigenvalue weighted by molar-refractivity contribution is -0.139. The standard InChI is InChI=1S/C13H13N3O3/c1-8-10(7-14-16-8)12(17)15-11(13(18)19)9-5-3-2-4-6-9/h2-7,11H,1H3,(H,14,16)(H,15,17)(H,18,19)/t11-/m1/s1. The predicted molar refractivity (Wildman–Crippen MR) is 67.6 cm³/mol. The number of aromatic nitrogens is 2. The highest BCUT2D eigenvalue weighted by molar-refractivity contribution is 5.97. The van der Waals surface area contributed by atoms with Crippen LogP contribution >= 0.6 is 0 Å². The number of hydrogen-bond acceptors (Lipinski definition) is 3. The first-order chi connectivity index (χ1) is 9.09. The van der Waals surface area contributed by atoms with Crippen LogP contribution in [-0.2, 0) is 4.79 Å². The quantitative estimate of drug-likeness (QED) is 0.770. The Bertz CT molecular complexity index is 592. The van der Waals surface area contributed by atoms with Crippen LogP contribution < -0.4 is 5.32 Å². The van der Waals surface area contributed by atoms with Gasteiger partial charge in [0.05, 0.1) is 11.8 Å². The van der Waals surface area contributed by atoms with Gasteiger partial charge in [-0.15, -0.1) is 0 Å². The monoisotopic (exact) mass is 259 g/mol. The van der Waals surface area contributed by atoms with Gasteiger partial charge >= 0.3 is 5.97 Å². The van der Waals surface area contributed by atoms with E-state index >= 15 is 0 Å². The maximum atomic E-state index is 12.0. The predicted octanol–water partition coefficient (Wildman–Crippen LogP) is 1.27. The van der Waals surface area contributed by atoms with Crippen LogP contribution in [0, 0.1) is 6.92 Å². The van der Waals surface area contributed by atoms with E-state index in [1.165, 1.54) is 6.20 Å². The van der Waals surface area contributed by atoms with Crippen molar-refractivity contribution in [3.63, 3.8) is 0 Å².